The fourth-order valence-electron chi connectivity index (χ4n) is 1.13. The van der Waals surface area contributed by atoms with Crippen LogP contribution >= 0.6 is 0 Å². The van der Waals surface area contributed by atoms with Gasteiger partial charge in [0.2, 0.25) is 0 Å². The lowest BCUT2D eigenvalue weighted by atomic mass is 9.91. The van der Waals surface area contributed by atoms with E-state index in [1.54, 1.807) is 0 Å². The molecule has 11 heavy (non-hydrogen) atoms. The highest BCUT2D eigenvalue weighted by Crippen LogP contribution is 2.18. The van der Waals surface area contributed by atoms with E-state index in [0.29, 0.717) is 5.92 Å². The van der Waals surface area contributed by atoms with Gasteiger partial charge >= 0.3 is 0 Å². The molecule has 0 rings (SSSR count). The van der Waals surface area contributed by atoms with Crippen molar-refractivity contribution in [3.63, 3.8) is 0 Å². The zero-order valence-electron chi connectivity index (χ0n) is 8.56. The maximum Gasteiger partial charge on any atom is -0.0417 e. The molecule has 0 aromatic heterocycles. The standard InChI is InChI=1S/C11H23/c1-9(2)7-6-8-11(5)10(3)4/h9-11H,3,6-8H2,1-2,4-5H3. The summed E-state index contributed by atoms with van der Waals surface area (Å²) in [6.45, 7) is 13.1. The normalized spacial score (nSPS) is 14.5. The Balaban J connectivity index is 3.24. The van der Waals surface area contributed by atoms with Crippen LogP contribution in [0.2, 0.25) is 0 Å². The van der Waals surface area contributed by atoms with Gasteiger partial charge in [0, 0.05) is 0 Å². The van der Waals surface area contributed by atoms with Crippen molar-refractivity contribution in [3.05, 3.63) is 6.92 Å². The molecule has 0 fully saturated rings. The predicted molar refractivity (Wildman–Crippen MR) is 52.4 cm³/mol. The van der Waals surface area contributed by atoms with E-state index >= 15 is 0 Å². The van der Waals surface area contributed by atoms with Crippen LogP contribution in [0.25, 0.3) is 0 Å². The Bertz CT molecular complexity index is 82.0. The molecule has 0 aliphatic rings. The molecule has 0 aliphatic heterocycles. The van der Waals surface area contributed by atoms with E-state index in [-0.39, 0.29) is 0 Å². The van der Waals surface area contributed by atoms with E-state index < -0.39 is 0 Å². The van der Waals surface area contributed by atoms with Crippen molar-refractivity contribution in [2.24, 2.45) is 17.8 Å². The lowest BCUT2D eigenvalue weighted by molar-refractivity contribution is 0.391. The number of hydrogen-bond acceptors (Lipinski definition) is 0. The average Bonchev–Trinajstić information content (AvgIpc) is 1.86. The second-order valence-corrected chi connectivity index (χ2v) is 4.28. The van der Waals surface area contributed by atoms with Crippen LogP contribution in [0.3, 0.4) is 0 Å². The molecule has 0 aromatic carbocycles. The summed E-state index contributed by atoms with van der Waals surface area (Å²) in [6.07, 6.45) is 4.10. The van der Waals surface area contributed by atoms with Crippen LogP contribution in [0.5, 0.6) is 0 Å². The Kier molecular flexibility index (Phi) is 5.62. The molecule has 0 N–H and O–H groups in total. The SMILES string of the molecule is [CH2]C(C)C(C)CCCC(C)C. The molecule has 67 valence electrons. The molecule has 2 atom stereocenters. The van der Waals surface area contributed by atoms with Gasteiger partial charge in [-0.15, -0.1) is 0 Å². The Hall–Kier alpha value is 0. The van der Waals surface area contributed by atoms with Crippen LogP contribution in [-0.4, -0.2) is 0 Å². The quantitative estimate of drug-likeness (QED) is 0.564. The first-order valence-electron chi connectivity index (χ1n) is 4.87. The van der Waals surface area contributed by atoms with E-state index in [2.05, 4.69) is 34.6 Å². The topological polar surface area (TPSA) is 0 Å². The highest BCUT2D eigenvalue weighted by molar-refractivity contribution is 4.63. The van der Waals surface area contributed by atoms with Crippen molar-refractivity contribution in [1.82, 2.24) is 0 Å². The molecule has 0 aliphatic carbocycles. The third-order valence-corrected chi connectivity index (χ3v) is 2.41. The minimum atomic E-state index is 0.613. The monoisotopic (exact) mass is 155 g/mol. The summed E-state index contributed by atoms with van der Waals surface area (Å²) >= 11 is 0. The third-order valence-electron chi connectivity index (χ3n) is 2.41. The zero-order chi connectivity index (χ0) is 8.85. The smallest absolute Gasteiger partial charge is 0.0417 e. The Morgan fingerprint density at radius 2 is 1.55 bits per heavy atom. The van der Waals surface area contributed by atoms with Gasteiger partial charge in [0.15, 0.2) is 0 Å². The summed E-state index contributed by atoms with van der Waals surface area (Å²) in [7, 11) is 0. The van der Waals surface area contributed by atoms with Crippen LogP contribution in [-0.2, 0) is 0 Å². The van der Waals surface area contributed by atoms with Crippen LogP contribution in [0.4, 0.5) is 0 Å². The van der Waals surface area contributed by atoms with Gasteiger partial charge in [-0.1, -0.05) is 53.9 Å². The maximum absolute atomic E-state index is 4.04. The van der Waals surface area contributed by atoms with Crippen LogP contribution in [0.15, 0.2) is 0 Å². The van der Waals surface area contributed by atoms with Crippen molar-refractivity contribution in [1.29, 1.82) is 0 Å². The fraction of sp³-hybridized carbons (Fsp3) is 0.909. The van der Waals surface area contributed by atoms with Crippen molar-refractivity contribution >= 4 is 0 Å². The highest BCUT2D eigenvalue weighted by Gasteiger charge is 2.06. The van der Waals surface area contributed by atoms with E-state index in [1.165, 1.54) is 19.3 Å². The highest BCUT2D eigenvalue weighted by atomic mass is 14.1. The van der Waals surface area contributed by atoms with E-state index in [1.807, 2.05) is 0 Å². The summed E-state index contributed by atoms with van der Waals surface area (Å²) in [5.74, 6) is 2.28. The first-order chi connectivity index (χ1) is 5.04. The van der Waals surface area contributed by atoms with Crippen LogP contribution in [0.1, 0.15) is 47.0 Å². The minimum Gasteiger partial charge on any atom is -0.0628 e. The van der Waals surface area contributed by atoms with Gasteiger partial charge in [-0.05, 0) is 17.8 Å². The Morgan fingerprint density at radius 1 is 1.00 bits per heavy atom. The maximum atomic E-state index is 4.04. The Morgan fingerprint density at radius 3 is 1.91 bits per heavy atom. The van der Waals surface area contributed by atoms with E-state index in [0.717, 1.165) is 11.8 Å². The summed E-state index contributed by atoms with van der Waals surface area (Å²) in [4.78, 5) is 0. The molecule has 0 aromatic rings. The second-order valence-electron chi connectivity index (χ2n) is 4.28. The van der Waals surface area contributed by atoms with Gasteiger partial charge in [0.25, 0.3) is 0 Å². The zero-order valence-corrected chi connectivity index (χ0v) is 8.56. The van der Waals surface area contributed by atoms with Crippen LogP contribution < -0.4 is 0 Å². The van der Waals surface area contributed by atoms with E-state index in [4.69, 9.17) is 0 Å². The molecule has 0 heterocycles. The summed E-state index contributed by atoms with van der Waals surface area (Å²) in [5.41, 5.74) is 0. The third kappa shape index (κ3) is 6.40. The first kappa shape index (κ1) is 11.0. The lowest BCUT2D eigenvalue weighted by Gasteiger charge is -2.15. The van der Waals surface area contributed by atoms with Gasteiger partial charge in [-0.3, -0.25) is 0 Å². The average molecular weight is 155 g/mol. The molecule has 1 radical (unpaired) electrons. The van der Waals surface area contributed by atoms with Gasteiger partial charge < -0.3 is 0 Å². The lowest BCUT2D eigenvalue weighted by Crippen LogP contribution is -2.04. The Labute approximate surface area is 72.4 Å². The molecular weight excluding hydrogens is 132 g/mol. The minimum absolute atomic E-state index is 0.613. The van der Waals surface area contributed by atoms with Gasteiger partial charge in [-0.2, -0.15) is 0 Å². The molecule has 0 saturated carbocycles. The van der Waals surface area contributed by atoms with Gasteiger partial charge in [-0.25, -0.2) is 0 Å². The molecule has 0 amide bonds. The molecule has 2 unspecified atom stereocenters. The number of hydrogen-bond donors (Lipinski definition) is 0. The van der Waals surface area contributed by atoms with Crippen molar-refractivity contribution in [3.8, 4) is 0 Å². The number of rotatable bonds is 5. The van der Waals surface area contributed by atoms with Gasteiger partial charge in [0.1, 0.15) is 0 Å². The summed E-state index contributed by atoms with van der Waals surface area (Å²) < 4.78 is 0. The fourth-order valence-corrected chi connectivity index (χ4v) is 1.13. The van der Waals surface area contributed by atoms with Gasteiger partial charge in [0.05, 0.1) is 0 Å². The van der Waals surface area contributed by atoms with Crippen LogP contribution in [0, 0.1) is 24.7 Å². The molecule has 0 saturated heterocycles. The molecule has 0 bridgehead atoms. The van der Waals surface area contributed by atoms with Crippen molar-refractivity contribution in [2.75, 3.05) is 0 Å². The summed E-state index contributed by atoms with van der Waals surface area (Å²) in [6, 6.07) is 0. The predicted octanol–water partition coefficient (Wildman–Crippen LogP) is 3.92. The first-order valence-corrected chi connectivity index (χ1v) is 4.87. The molecule has 0 spiro atoms. The van der Waals surface area contributed by atoms with Crippen molar-refractivity contribution in [2.45, 2.75) is 47.0 Å². The van der Waals surface area contributed by atoms with Crippen molar-refractivity contribution < 1.29 is 0 Å². The van der Waals surface area contributed by atoms with E-state index in [9.17, 15) is 0 Å². The largest absolute Gasteiger partial charge is 0.0628 e. The molecule has 0 heteroatoms. The molecule has 0 nitrogen and oxygen atoms in total. The second kappa shape index (κ2) is 5.62. The molecular formula is C11H23. The summed E-state index contributed by atoms with van der Waals surface area (Å²) in [5, 5.41) is 0.